The van der Waals surface area contributed by atoms with E-state index < -0.39 is 11.6 Å². The van der Waals surface area contributed by atoms with Gasteiger partial charge in [-0.15, -0.1) is 0 Å². The van der Waals surface area contributed by atoms with Crippen LogP contribution in [-0.2, 0) is 16.9 Å². The number of aromatic nitrogens is 2. The van der Waals surface area contributed by atoms with Crippen LogP contribution in [0.2, 0.25) is 0 Å². The van der Waals surface area contributed by atoms with Crippen LogP contribution in [0.15, 0.2) is 47.3 Å². The van der Waals surface area contributed by atoms with E-state index in [-0.39, 0.29) is 5.56 Å². The molecule has 1 aromatic heterocycles. The molecule has 0 radical (unpaired) electrons. The molecule has 1 aliphatic heterocycles. The first-order valence-corrected chi connectivity index (χ1v) is 8.62. The fourth-order valence-corrected chi connectivity index (χ4v) is 3.65. The van der Waals surface area contributed by atoms with E-state index in [2.05, 4.69) is 10.3 Å². The first-order valence-electron chi connectivity index (χ1n) is 8.62. The molecule has 0 amide bonds. The van der Waals surface area contributed by atoms with Crippen LogP contribution in [0.3, 0.4) is 0 Å². The van der Waals surface area contributed by atoms with Crippen molar-refractivity contribution in [1.29, 1.82) is 0 Å². The standard InChI is InChI=1S/C20H19N3O4/c1-21-15-8-7-12(11-14(15)18(25)27-2)20(26)9-10-23-17(24)13-5-3-4-6-16(13)22-19(20)23/h3-8,11,21,26H,9-10H2,1-2H3. The maximum Gasteiger partial charge on any atom is 0.339 e. The summed E-state index contributed by atoms with van der Waals surface area (Å²) < 4.78 is 6.35. The molecule has 0 bridgehead atoms. The van der Waals surface area contributed by atoms with Crippen LogP contribution in [0.1, 0.15) is 28.2 Å². The third kappa shape index (κ3) is 2.50. The Kier molecular flexibility index (Phi) is 3.96. The molecule has 7 nitrogen and oxygen atoms in total. The molecule has 0 saturated heterocycles. The van der Waals surface area contributed by atoms with E-state index in [1.807, 2.05) is 0 Å². The number of nitrogens with one attached hydrogen (secondary N) is 1. The SMILES string of the molecule is CNc1ccc(C2(O)CCn3c2nc2ccccc2c3=O)cc1C(=O)OC. The van der Waals surface area contributed by atoms with Crippen LogP contribution in [0.4, 0.5) is 5.69 Å². The number of hydrogen-bond donors (Lipinski definition) is 2. The number of fused-ring (bicyclic) bond motifs is 2. The van der Waals surface area contributed by atoms with Gasteiger partial charge >= 0.3 is 5.97 Å². The highest BCUT2D eigenvalue weighted by atomic mass is 16.5. The van der Waals surface area contributed by atoms with Gasteiger partial charge in [-0.1, -0.05) is 18.2 Å². The molecule has 3 aromatic rings. The zero-order valence-electron chi connectivity index (χ0n) is 15.0. The Morgan fingerprint density at radius 2 is 2.07 bits per heavy atom. The molecule has 1 atom stereocenters. The van der Waals surface area contributed by atoms with E-state index in [0.717, 1.165) is 0 Å². The average Bonchev–Trinajstić information content (AvgIpc) is 3.05. The lowest BCUT2D eigenvalue weighted by Crippen LogP contribution is -2.29. The van der Waals surface area contributed by atoms with Gasteiger partial charge in [0.15, 0.2) is 0 Å². The number of nitrogens with zero attached hydrogens (tertiary/aromatic N) is 2. The van der Waals surface area contributed by atoms with Gasteiger partial charge in [0.25, 0.3) is 5.56 Å². The maximum absolute atomic E-state index is 12.8. The fraction of sp³-hybridized carbons (Fsp3) is 0.250. The van der Waals surface area contributed by atoms with Crippen LogP contribution in [0, 0.1) is 0 Å². The van der Waals surface area contributed by atoms with Crippen LogP contribution < -0.4 is 10.9 Å². The predicted molar refractivity (Wildman–Crippen MR) is 101 cm³/mol. The Bertz CT molecular complexity index is 1120. The minimum Gasteiger partial charge on any atom is -0.465 e. The van der Waals surface area contributed by atoms with Gasteiger partial charge < -0.3 is 15.2 Å². The Labute approximate surface area is 155 Å². The van der Waals surface area contributed by atoms with Crippen LogP contribution in [0.25, 0.3) is 10.9 Å². The van der Waals surface area contributed by atoms with Crippen molar-refractivity contribution in [2.45, 2.75) is 18.6 Å². The highest BCUT2D eigenvalue weighted by molar-refractivity contribution is 5.96. The van der Waals surface area contributed by atoms with Gasteiger partial charge in [-0.2, -0.15) is 0 Å². The summed E-state index contributed by atoms with van der Waals surface area (Å²) in [5.74, 6) is -0.217. The molecular weight excluding hydrogens is 346 g/mol. The smallest absolute Gasteiger partial charge is 0.339 e. The molecule has 2 heterocycles. The van der Waals surface area contributed by atoms with Gasteiger partial charge in [0.1, 0.15) is 11.4 Å². The zero-order valence-corrected chi connectivity index (χ0v) is 15.0. The van der Waals surface area contributed by atoms with E-state index in [4.69, 9.17) is 4.74 Å². The second-order valence-electron chi connectivity index (χ2n) is 6.52. The predicted octanol–water partition coefficient (Wildman–Crippen LogP) is 1.86. The monoisotopic (exact) mass is 365 g/mol. The molecular formula is C20H19N3O4. The van der Waals surface area contributed by atoms with E-state index >= 15 is 0 Å². The van der Waals surface area contributed by atoms with Crippen molar-refractivity contribution in [2.24, 2.45) is 0 Å². The van der Waals surface area contributed by atoms with Gasteiger partial charge in [-0.05, 0) is 29.8 Å². The lowest BCUT2D eigenvalue weighted by atomic mass is 9.90. The summed E-state index contributed by atoms with van der Waals surface area (Å²) in [6.45, 7) is 0.351. The van der Waals surface area contributed by atoms with Crippen LogP contribution >= 0.6 is 0 Å². The number of anilines is 1. The second-order valence-corrected chi connectivity index (χ2v) is 6.52. The van der Waals surface area contributed by atoms with Crippen molar-refractivity contribution in [3.8, 4) is 0 Å². The highest BCUT2D eigenvalue weighted by Gasteiger charge is 2.42. The van der Waals surface area contributed by atoms with Crippen molar-refractivity contribution in [1.82, 2.24) is 9.55 Å². The van der Waals surface area contributed by atoms with Crippen LogP contribution in [0.5, 0.6) is 0 Å². The highest BCUT2D eigenvalue weighted by Crippen LogP contribution is 2.38. The molecule has 2 aromatic carbocycles. The third-order valence-corrected chi connectivity index (χ3v) is 5.10. The number of aliphatic hydroxyl groups is 1. The zero-order chi connectivity index (χ0) is 19.2. The summed E-state index contributed by atoms with van der Waals surface area (Å²) in [6, 6.07) is 12.1. The van der Waals surface area contributed by atoms with Gasteiger partial charge in [0, 0.05) is 25.7 Å². The van der Waals surface area contributed by atoms with Crippen LogP contribution in [-0.4, -0.2) is 34.8 Å². The lowest BCUT2D eigenvalue weighted by molar-refractivity contribution is 0.0599. The number of rotatable bonds is 3. The number of ether oxygens (including phenoxy) is 1. The summed E-state index contributed by atoms with van der Waals surface area (Å²) in [5.41, 5.74) is 0.303. The van der Waals surface area contributed by atoms with E-state index in [1.165, 1.54) is 11.7 Å². The minimum absolute atomic E-state index is 0.174. The number of carbonyl (C=O) groups is 1. The third-order valence-electron chi connectivity index (χ3n) is 5.10. The summed E-state index contributed by atoms with van der Waals surface area (Å²) in [5, 5.41) is 14.9. The molecule has 138 valence electrons. The first-order chi connectivity index (χ1) is 13.0. The number of methoxy groups -OCH3 is 1. The van der Waals surface area contributed by atoms with E-state index in [9.17, 15) is 14.7 Å². The van der Waals surface area contributed by atoms with Crippen molar-refractivity contribution < 1.29 is 14.6 Å². The summed E-state index contributed by atoms with van der Waals surface area (Å²) in [7, 11) is 3.01. The average molecular weight is 365 g/mol. The largest absolute Gasteiger partial charge is 0.465 e. The van der Waals surface area contributed by atoms with Gasteiger partial charge in [0.05, 0.1) is 23.6 Å². The molecule has 1 aliphatic rings. The molecule has 2 N–H and O–H groups in total. The number of esters is 1. The van der Waals surface area contributed by atoms with Crippen molar-refractivity contribution in [3.05, 3.63) is 69.8 Å². The Hall–Kier alpha value is -3.19. The lowest BCUT2D eigenvalue weighted by Gasteiger charge is -2.24. The number of hydrogen-bond acceptors (Lipinski definition) is 6. The van der Waals surface area contributed by atoms with Gasteiger partial charge in [-0.3, -0.25) is 9.36 Å². The van der Waals surface area contributed by atoms with E-state index in [1.54, 1.807) is 49.5 Å². The fourth-order valence-electron chi connectivity index (χ4n) is 3.65. The quantitative estimate of drug-likeness (QED) is 0.688. The Morgan fingerprint density at radius 1 is 1.30 bits per heavy atom. The normalized spacial score (nSPS) is 18.3. The van der Waals surface area contributed by atoms with Gasteiger partial charge in [-0.25, -0.2) is 9.78 Å². The van der Waals surface area contributed by atoms with Gasteiger partial charge in [0.2, 0.25) is 0 Å². The number of para-hydroxylation sites is 1. The molecule has 0 spiro atoms. The molecule has 0 fully saturated rings. The summed E-state index contributed by atoms with van der Waals surface area (Å²) >= 11 is 0. The molecule has 27 heavy (non-hydrogen) atoms. The second kappa shape index (κ2) is 6.21. The molecule has 4 rings (SSSR count). The minimum atomic E-state index is -1.46. The molecule has 0 aliphatic carbocycles. The first kappa shape index (κ1) is 17.2. The van der Waals surface area contributed by atoms with E-state index in [0.29, 0.717) is 46.5 Å². The molecule has 1 unspecified atom stereocenters. The van der Waals surface area contributed by atoms with Crippen molar-refractivity contribution >= 4 is 22.6 Å². The number of carbonyl (C=O) groups excluding carboxylic acids is 1. The topological polar surface area (TPSA) is 93.5 Å². The van der Waals surface area contributed by atoms with Crippen molar-refractivity contribution in [2.75, 3.05) is 19.5 Å². The number of benzene rings is 2. The maximum atomic E-state index is 12.8. The Morgan fingerprint density at radius 3 is 2.81 bits per heavy atom. The summed E-state index contributed by atoms with van der Waals surface area (Å²) in [6.07, 6.45) is 0.297. The van der Waals surface area contributed by atoms with Crippen molar-refractivity contribution in [3.63, 3.8) is 0 Å². The molecule has 7 heteroatoms. The Balaban J connectivity index is 1.93. The molecule has 0 saturated carbocycles. The summed E-state index contributed by atoms with van der Waals surface area (Å²) in [4.78, 5) is 29.5.